The Balaban J connectivity index is 1.59. The molecule has 13 heteroatoms. The summed E-state index contributed by atoms with van der Waals surface area (Å²) in [5.74, 6) is -0.00395. The van der Waals surface area contributed by atoms with Crippen LogP contribution in [0.25, 0.3) is 0 Å². The first kappa shape index (κ1) is 33.2. The molecule has 3 aromatic carbocycles. The van der Waals surface area contributed by atoms with Crippen molar-refractivity contribution in [2.24, 2.45) is 0 Å². The molecule has 0 aliphatic carbocycles. The molecule has 250 valence electrons. The molecule has 1 N–H and O–H groups in total. The molecule has 47 heavy (non-hydrogen) atoms. The van der Waals surface area contributed by atoms with Gasteiger partial charge in [0.25, 0.3) is 15.9 Å². The normalized spacial score (nSPS) is 21.9. The van der Waals surface area contributed by atoms with E-state index >= 15 is 4.79 Å². The fraction of sp³-hybridized carbons (Fsp3) is 0.412. The van der Waals surface area contributed by atoms with Crippen LogP contribution in [0.15, 0.2) is 65.6 Å². The Morgan fingerprint density at radius 3 is 2.36 bits per heavy atom. The molecular weight excluding hydrogens is 642 g/mol. The number of carbonyl (C=O) groups is 2. The number of anilines is 1. The maximum Gasteiger partial charge on any atom is 0.271 e. The molecule has 0 spiro atoms. The third-order valence-corrected chi connectivity index (χ3v) is 11.3. The van der Waals surface area contributed by atoms with Gasteiger partial charge in [0.15, 0.2) is 5.54 Å². The fourth-order valence-corrected chi connectivity index (χ4v) is 8.75. The third kappa shape index (κ3) is 5.65. The predicted molar refractivity (Wildman–Crippen MR) is 179 cm³/mol. The third-order valence-electron chi connectivity index (χ3n) is 9.34. The number of sulfonamides is 1. The van der Waals surface area contributed by atoms with Crippen molar-refractivity contribution in [2.75, 3.05) is 65.3 Å². The standard InChI is InChI=1S/C34H40ClN5O6S/c1-37(2)32(41)30-6-5-17-39(30)34(27-13-7-23(20-31(27)46-4)22-38-18-15-36-16-19-38)28-21-24(35)8-14-29(28)40(33(34)42)47(43,44)26-11-9-25(45-3)10-12-26/h7-14,20-21,30,36H,5-6,15-19,22H2,1-4H3/t30?,34-/m1/s1. The van der Waals surface area contributed by atoms with Crippen molar-refractivity contribution >= 4 is 39.1 Å². The molecule has 2 atom stereocenters. The Morgan fingerprint density at radius 1 is 0.979 bits per heavy atom. The maximum absolute atomic E-state index is 15.4. The number of hydrogen-bond acceptors (Lipinski definition) is 9. The van der Waals surface area contributed by atoms with Gasteiger partial charge in [-0.3, -0.25) is 19.4 Å². The van der Waals surface area contributed by atoms with Crippen LogP contribution < -0.4 is 19.1 Å². The Morgan fingerprint density at radius 2 is 1.70 bits per heavy atom. The van der Waals surface area contributed by atoms with E-state index < -0.39 is 27.5 Å². The van der Waals surface area contributed by atoms with Gasteiger partial charge in [-0.2, -0.15) is 0 Å². The molecule has 2 amide bonds. The van der Waals surface area contributed by atoms with E-state index in [1.165, 1.54) is 43.4 Å². The van der Waals surface area contributed by atoms with E-state index in [1.807, 2.05) is 23.1 Å². The first-order chi connectivity index (χ1) is 22.5. The lowest BCUT2D eigenvalue weighted by Crippen LogP contribution is -2.59. The number of ether oxygens (including phenoxy) is 2. The summed E-state index contributed by atoms with van der Waals surface area (Å²) in [6.07, 6.45) is 1.13. The number of methoxy groups -OCH3 is 2. The quantitative estimate of drug-likeness (QED) is 0.364. The number of benzene rings is 3. The van der Waals surface area contributed by atoms with Crippen LogP contribution in [0.2, 0.25) is 5.02 Å². The van der Waals surface area contributed by atoms with Crippen LogP contribution in [0.5, 0.6) is 11.5 Å². The summed E-state index contributed by atoms with van der Waals surface area (Å²) in [5, 5.41) is 3.70. The summed E-state index contributed by atoms with van der Waals surface area (Å²) in [7, 11) is 1.95. The molecule has 3 aliphatic rings. The Hall–Kier alpha value is -3.68. The van der Waals surface area contributed by atoms with Crippen molar-refractivity contribution in [3.05, 3.63) is 82.4 Å². The molecule has 3 heterocycles. The summed E-state index contributed by atoms with van der Waals surface area (Å²) in [6, 6.07) is 15.7. The zero-order valence-corrected chi connectivity index (χ0v) is 28.6. The molecule has 6 rings (SSSR count). The van der Waals surface area contributed by atoms with Gasteiger partial charge < -0.3 is 19.7 Å². The number of nitrogens with zero attached hydrogens (tertiary/aromatic N) is 4. The molecule has 1 unspecified atom stereocenters. The lowest BCUT2D eigenvalue weighted by atomic mass is 9.80. The number of hydrogen-bond donors (Lipinski definition) is 1. The van der Waals surface area contributed by atoms with Gasteiger partial charge >= 0.3 is 0 Å². The average Bonchev–Trinajstić information content (AvgIpc) is 3.66. The van der Waals surface area contributed by atoms with Crippen molar-refractivity contribution in [3.8, 4) is 11.5 Å². The highest BCUT2D eigenvalue weighted by atomic mass is 35.5. The van der Waals surface area contributed by atoms with Gasteiger partial charge in [-0.05, 0) is 66.9 Å². The Bertz CT molecular complexity index is 1780. The molecular formula is C34H40ClN5O6S. The van der Waals surface area contributed by atoms with Crippen LogP contribution >= 0.6 is 11.6 Å². The van der Waals surface area contributed by atoms with Gasteiger partial charge in [0.1, 0.15) is 11.5 Å². The van der Waals surface area contributed by atoms with Crippen molar-refractivity contribution < 1.29 is 27.5 Å². The number of halogens is 1. The Kier molecular flexibility index (Phi) is 9.25. The van der Waals surface area contributed by atoms with E-state index in [2.05, 4.69) is 10.2 Å². The zero-order chi connectivity index (χ0) is 33.5. The van der Waals surface area contributed by atoms with Crippen LogP contribution in [-0.2, 0) is 31.7 Å². The van der Waals surface area contributed by atoms with Gasteiger partial charge in [0.05, 0.1) is 30.8 Å². The first-order valence-corrected chi connectivity index (χ1v) is 17.5. The molecule has 2 fully saturated rings. The molecule has 0 saturated carbocycles. The number of likely N-dealkylation sites (tertiary alicyclic amines) is 1. The van der Waals surface area contributed by atoms with E-state index in [1.54, 1.807) is 32.3 Å². The number of amides is 2. The highest BCUT2D eigenvalue weighted by molar-refractivity contribution is 7.93. The summed E-state index contributed by atoms with van der Waals surface area (Å²) in [4.78, 5) is 34.7. The number of rotatable bonds is 9. The van der Waals surface area contributed by atoms with E-state index in [9.17, 15) is 13.2 Å². The van der Waals surface area contributed by atoms with Crippen LogP contribution in [0.4, 0.5) is 5.69 Å². The fourth-order valence-electron chi connectivity index (χ4n) is 7.11. The van der Waals surface area contributed by atoms with E-state index in [0.29, 0.717) is 53.6 Å². The number of fused-ring (bicyclic) bond motifs is 1. The minimum absolute atomic E-state index is 0.0796. The average molecular weight is 682 g/mol. The highest BCUT2D eigenvalue weighted by Crippen LogP contribution is 2.55. The first-order valence-electron chi connectivity index (χ1n) is 15.7. The van der Waals surface area contributed by atoms with Gasteiger partial charge in [0.2, 0.25) is 5.91 Å². The van der Waals surface area contributed by atoms with Crippen LogP contribution in [0.3, 0.4) is 0 Å². The monoisotopic (exact) mass is 681 g/mol. The van der Waals surface area contributed by atoms with E-state index in [4.69, 9.17) is 21.1 Å². The van der Waals surface area contributed by atoms with Gasteiger partial charge in [0, 0.05) is 69.5 Å². The lowest BCUT2D eigenvalue weighted by Gasteiger charge is -2.42. The van der Waals surface area contributed by atoms with Gasteiger partial charge in [-0.25, -0.2) is 12.7 Å². The minimum Gasteiger partial charge on any atom is -0.497 e. The number of carbonyl (C=O) groups excluding carboxylic acids is 2. The van der Waals surface area contributed by atoms with Gasteiger partial charge in [-0.1, -0.05) is 23.7 Å². The zero-order valence-electron chi connectivity index (χ0n) is 27.0. The predicted octanol–water partition coefficient (Wildman–Crippen LogP) is 3.29. The number of piperazine rings is 1. The highest BCUT2D eigenvalue weighted by Gasteiger charge is 2.63. The topological polar surface area (TPSA) is 112 Å². The molecule has 11 nitrogen and oxygen atoms in total. The molecule has 0 aromatic heterocycles. The van der Waals surface area contributed by atoms with Crippen molar-refractivity contribution in [1.29, 1.82) is 0 Å². The van der Waals surface area contributed by atoms with Crippen molar-refractivity contribution in [2.45, 2.75) is 35.9 Å². The smallest absolute Gasteiger partial charge is 0.271 e. The van der Waals surface area contributed by atoms with Gasteiger partial charge in [-0.15, -0.1) is 0 Å². The van der Waals surface area contributed by atoms with Crippen LogP contribution in [-0.4, -0.2) is 102 Å². The molecule has 3 aromatic rings. The van der Waals surface area contributed by atoms with Crippen molar-refractivity contribution in [1.82, 2.24) is 20.0 Å². The van der Waals surface area contributed by atoms with E-state index in [0.717, 1.165) is 36.0 Å². The molecule has 0 radical (unpaired) electrons. The molecule has 0 bridgehead atoms. The second-order valence-corrected chi connectivity index (χ2v) is 14.5. The molecule has 3 aliphatic heterocycles. The summed E-state index contributed by atoms with van der Waals surface area (Å²) in [6.45, 7) is 4.66. The minimum atomic E-state index is -4.44. The largest absolute Gasteiger partial charge is 0.497 e. The second kappa shape index (κ2) is 13.1. The van der Waals surface area contributed by atoms with Crippen molar-refractivity contribution in [3.63, 3.8) is 0 Å². The summed E-state index contributed by atoms with van der Waals surface area (Å²) < 4.78 is 41.1. The molecule has 2 saturated heterocycles. The number of nitrogens with one attached hydrogen (secondary N) is 1. The van der Waals surface area contributed by atoms with Crippen LogP contribution in [0.1, 0.15) is 29.5 Å². The summed E-state index contributed by atoms with van der Waals surface area (Å²) in [5.41, 5.74) is 0.239. The maximum atomic E-state index is 15.4. The SMILES string of the molecule is COc1ccc(S(=O)(=O)N2C(=O)[C@](c3ccc(CN4CCNCC4)cc3OC)(N3CCCC3C(=O)N(C)C)c3cc(Cl)ccc32)cc1. The summed E-state index contributed by atoms with van der Waals surface area (Å²) >= 11 is 6.63. The number of likely N-dealkylation sites (N-methyl/N-ethyl adjacent to an activating group) is 1. The second-order valence-electron chi connectivity index (χ2n) is 12.3. The lowest BCUT2D eigenvalue weighted by molar-refractivity contribution is -0.138. The van der Waals surface area contributed by atoms with Crippen LogP contribution in [0, 0.1) is 0 Å². The Labute approximate surface area is 281 Å². The van der Waals surface area contributed by atoms with E-state index in [-0.39, 0.29) is 16.5 Å².